The first-order valence-electron chi connectivity index (χ1n) is 11.1. The van der Waals surface area contributed by atoms with Crippen molar-refractivity contribution in [1.29, 1.82) is 0 Å². The second-order valence-electron chi connectivity index (χ2n) is 9.41. The number of hydrogen-bond acceptors (Lipinski definition) is 10. The number of nitrogens with two attached hydrogens (primary N) is 1. The molecule has 11 nitrogen and oxygen atoms in total. The fraction of sp³-hybridized carbons (Fsp3) is 0.360. The number of Topliss-reactive ketones (excluding diaryl/α,β-unsaturated/α-hetero) is 2. The van der Waals surface area contributed by atoms with Crippen LogP contribution in [0.1, 0.15) is 24.0 Å². The molecule has 0 heterocycles. The molecule has 3 aliphatic rings. The van der Waals surface area contributed by atoms with Crippen LogP contribution in [-0.2, 0) is 23.9 Å². The Morgan fingerprint density at radius 3 is 2.39 bits per heavy atom. The minimum absolute atomic E-state index is 0.0601. The van der Waals surface area contributed by atoms with Crippen LogP contribution in [0.4, 0.5) is 0 Å². The standard InChI is InChI=1S/C25H26N2O9/c1-5-12(29)36-21-13-9(2)10-7-6-8-11(28)14(10)19(30)15(13)22(32)25(35)17(21)18(27(3)4)20(31)16(23(25)33)24(26)34/h5-9,13,17-18,21,28,30,33,35H,1H2,2-4H3,(H2,26,34)/t9-,13+,17-,18+,21+,25+/m1/s1. The van der Waals surface area contributed by atoms with Gasteiger partial charge >= 0.3 is 5.97 Å². The second kappa shape index (κ2) is 8.32. The van der Waals surface area contributed by atoms with E-state index >= 15 is 0 Å². The quantitative estimate of drug-likeness (QED) is 0.218. The fourth-order valence-electron chi connectivity index (χ4n) is 5.87. The Balaban J connectivity index is 2.12. The van der Waals surface area contributed by atoms with E-state index in [1.165, 1.54) is 31.1 Å². The number of fused-ring (bicyclic) bond motifs is 3. The molecular formula is C25H26N2O9. The monoisotopic (exact) mass is 498 g/mol. The van der Waals surface area contributed by atoms with Crippen LogP contribution in [0.2, 0.25) is 0 Å². The number of aromatic hydroxyl groups is 1. The van der Waals surface area contributed by atoms with Crippen LogP contribution >= 0.6 is 0 Å². The Bertz CT molecular complexity index is 1290. The summed E-state index contributed by atoms with van der Waals surface area (Å²) >= 11 is 0. The first kappa shape index (κ1) is 25.1. The van der Waals surface area contributed by atoms with Gasteiger partial charge in [0.25, 0.3) is 5.91 Å². The number of aliphatic hydroxyl groups excluding tert-OH is 2. The molecule has 0 aliphatic heterocycles. The molecule has 3 aliphatic carbocycles. The van der Waals surface area contributed by atoms with E-state index in [4.69, 9.17) is 10.5 Å². The molecule has 1 saturated carbocycles. The topological polar surface area (TPSA) is 188 Å². The van der Waals surface area contributed by atoms with Crippen LogP contribution in [0.5, 0.6) is 5.75 Å². The van der Waals surface area contributed by atoms with Crippen LogP contribution in [0.3, 0.4) is 0 Å². The summed E-state index contributed by atoms with van der Waals surface area (Å²) in [7, 11) is 2.89. The van der Waals surface area contributed by atoms with Gasteiger partial charge in [-0.15, -0.1) is 0 Å². The summed E-state index contributed by atoms with van der Waals surface area (Å²) in [5, 5.41) is 44.5. The predicted molar refractivity (Wildman–Crippen MR) is 124 cm³/mol. The minimum Gasteiger partial charge on any atom is -0.508 e. The van der Waals surface area contributed by atoms with Gasteiger partial charge in [-0.1, -0.05) is 25.6 Å². The summed E-state index contributed by atoms with van der Waals surface area (Å²) in [6, 6.07) is 3.02. The van der Waals surface area contributed by atoms with Gasteiger partial charge in [-0.05, 0) is 31.6 Å². The van der Waals surface area contributed by atoms with E-state index in [0.29, 0.717) is 5.56 Å². The van der Waals surface area contributed by atoms with Crippen molar-refractivity contribution < 1.29 is 44.3 Å². The first-order chi connectivity index (χ1) is 16.8. The summed E-state index contributed by atoms with van der Waals surface area (Å²) < 4.78 is 5.62. The maximum absolute atomic E-state index is 14.0. The molecule has 0 spiro atoms. The number of nitrogens with zero attached hydrogens (tertiary/aromatic N) is 1. The van der Waals surface area contributed by atoms with E-state index in [-0.39, 0.29) is 11.3 Å². The van der Waals surface area contributed by atoms with Gasteiger partial charge < -0.3 is 30.9 Å². The Morgan fingerprint density at radius 2 is 1.83 bits per heavy atom. The average Bonchev–Trinajstić information content (AvgIpc) is 2.80. The van der Waals surface area contributed by atoms with Gasteiger partial charge in [0.1, 0.15) is 28.9 Å². The zero-order valence-corrected chi connectivity index (χ0v) is 19.8. The first-order valence-corrected chi connectivity index (χ1v) is 11.1. The Hall–Kier alpha value is -3.96. The number of rotatable bonds is 4. The van der Waals surface area contributed by atoms with Crippen LogP contribution < -0.4 is 5.73 Å². The van der Waals surface area contributed by atoms with Crippen molar-refractivity contribution in [2.24, 2.45) is 17.6 Å². The molecular weight excluding hydrogens is 472 g/mol. The van der Waals surface area contributed by atoms with Gasteiger partial charge in [-0.2, -0.15) is 0 Å². The second-order valence-corrected chi connectivity index (χ2v) is 9.41. The SMILES string of the molecule is C=CC(=O)O[C@H]1[C@@H]2C(=C(O)c3c(O)cccc3[C@H]2C)C(=O)[C@]2(O)C(O)=C(C(N)=O)C(=O)[C@@H](N(C)C)[C@H]12. The van der Waals surface area contributed by atoms with Crippen molar-refractivity contribution in [3.63, 3.8) is 0 Å². The third kappa shape index (κ3) is 3.12. The molecule has 0 unspecified atom stereocenters. The van der Waals surface area contributed by atoms with Crippen molar-refractivity contribution in [2.45, 2.75) is 30.6 Å². The highest BCUT2D eigenvalue weighted by Gasteiger charge is 2.69. The van der Waals surface area contributed by atoms with Crippen LogP contribution in [0.15, 0.2) is 47.8 Å². The summed E-state index contributed by atoms with van der Waals surface area (Å²) in [5.41, 5.74) is 1.32. The molecule has 1 fully saturated rings. The number of primary amides is 1. The molecule has 1 aromatic carbocycles. The lowest BCUT2D eigenvalue weighted by atomic mass is 9.54. The van der Waals surface area contributed by atoms with Gasteiger partial charge in [0.15, 0.2) is 11.4 Å². The van der Waals surface area contributed by atoms with E-state index < -0.39 is 81.6 Å². The number of phenols is 1. The molecule has 11 heteroatoms. The van der Waals surface area contributed by atoms with Crippen molar-refractivity contribution in [2.75, 3.05) is 14.1 Å². The Morgan fingerprint density at radius 1 is 1.19 bits per heavy atom. The number of carbonyl (C=O) groups excluding carboxylic acids is 4. The van der Waals surface area contributed by atoms with Gasteiger partial charge in [0.2, 0.25) is 5.78 Å². The number of esters is 1. The zero-order chi connectivity index (χ0) is 26.9. The van der Waals surface area contributed by atoms with Crippen molar-refractivity contribution in [1.82, 2.24) is 4.90 Å². The molecule has 6 N–H and O–H groups in total. The Labute approximate surface area is 205 Å². The smallest absolute Gasteiger partial charge is 0.330 e. The maximum atomic E-state index is 14.0. The number of ether oxygens (including phenoxy) is 1. The average molecular weight is 498 g/mol. The van der Waals surface area contributed by atoms with Gasteiger partial charge in [-0.25, -0.2) is 4.79 Å². The summed E-state index contributed by atoms with van der Waals surface area (Å²) in [6.45, 7) is 5.04. The molecule has 1 aromatic rings. The molecule has 190 valence electrons. The van der Waals surface area contributed by atoms with Gasteiger partial charge in [0.05, 0.1) is 17.5 Å². The lowest BCUT2D eigenvalue weighted by Crippen LogP contribution is -2.71. The lowest BCUT2D eigenvalue weighted by molar-refractivity contribution is -0.182. The summed E-state index contributed by atoms with van der Waals surface area (Å²) in [4.78, 5) is 53.2. The molecule has 0 saturated heterocycles. The van der Waals surface area contributed by atoms with E-state index in [1.807, 2.05) is 0 Å². The number of amides is 1. The number of phenolic OH excluding ortho intramolecular Hbond substituents is 1. The lowest BCUT2D eigenvalue weighted by Gasteiger charge is -2.54. The number of benzene rings is 1. The highest BCUT2D eigenvalue weighted by molar-refractivity contribution is 6.24. The fourth-order valence-corrected chi connectivity index (χ4v) is 5.87. The molecule has 1 amide bonds. The third-order valence-corrected chi connectivity index (χ3v) is 7.38. The van der Waals surface area contributed by atoms with Crippen LogP contribution in [-0.4, -0.2) is 80.6 Å². The largest absolute Gasteiger partial charge is 0.508 e. The molecule has 0 aromatic heterocycles. The minimum atomic E-state index is -2.97. The third-order valence-electron chi connectivity index (χ3n) is 7.38. The molecule has 4 rings (SSSR count). The van der Waals surface area contributed by atoms with Crippen molar-refractivity contribution in [3.05, 3.63) is 58.9 Å². The molecule has 0 bridgehead atoms. The number of aliphatic hydroxyl groups is 3. The molecule has 6 atom stereocenters. The van der Waals surface area contributed by atoms with Crippen LogP contribution in [0.25, 0.3) is 5.76 Å². The van der Waals surface area contributed by atoms with Crippen LogP contribution in [0, 0.1) is 11.8 Å². The van der Waals surface area contributed by atoms with E-state index in [2.05, 4.69) is 6.58 Å². The molecule has 0 radical (unpaired) electrons. The summed E-state index contributed by atoms with van der Waals surface area (Å²) in [5.74, 6) is -10.2. The zero-order valence-electron chi connectivity index (χ0n) is 19.8. The Kier molecular flexibility index (Phi) is 5.81. The number of ketones is 2. The van der Waals surface area contributed by atoms with Gasteiger partial charge in [0, 0.05) is 17.6 Å². The highest BCUT2D eigenvalue weighted by Crippen LogP contribution is 2.56. The number of hydrogen-bond donors (Lipinski definition) is 5. The predicted octanol–water partition coefficient (Wildman–Crippen LogP) is 0.233. The van der Waals surface area contributed by atoms with E-state index in [9.17, 15) is 39.6 Å². The molecule has 36 heavy (non-hydrogen) atoms. The maximum Gasteiger partial charge on any atom is 0.330 e. The highest BCUT2D eigenvalue weighted by atomic mass is 16.5. The van der Waals surface area contributed by atoms with Crippen molar-refractivity contribution in [3.8, 4) is 5.75 Å². The van der Waals surface area contributed by atoms with Crippen molar-refractivity contribution >= 4 is 29.2 Å². The number of likely N-dealkylation sites (N-methyl/N-ethyl adjacent to an activating group) is 1. The van der Waals surface area contributed by atoms with E-state index in [1.54, 1.807) is 13.0 Å². The normalized spacial score (nSPS) is 31.5. The van der Waals surface area contributed by atoms with E-state index in [0.717, 1.165) is 6.08 Å². The summed E-state index contributed by atoms with van der Waals surface area (Å²) in [6.07, 6.45) is -0.611. The number of carbonyl (C=O) groups is 4. The van der Waals surface area contributed by atoms with Gasteiger partial charge in [-0.3, -0.25) is 19.3 Å².